The molecule has 0 radical (unpaired) electrons. The van der Waals surface area contributed by atoms with E-state index in [4.69, 9.17) is 14.2 Å². The number of rotatable bonds is 12. The lowest BCUT2D eigenvalue weighted by molar-refractivity contribution is -0.123. The molecule has 10 nitrogen and oxygen atoms in total. The van der Waals surface area contributed by atoms with Crippen LogP contribution in [0.1, 0.15) is 22.4 Å². The quantitative estimate of drug-likeness (QED) is 0.164. The first-order chi connectivity index (χ1) is 23.3. The maximum absolute atomic E-state index is 13.8. The highest BCUT2D eigenvalue weighted by molar-refractivity contribution is 5.94. The first-order valence-corrected chi connectivity index (χ1v) is 15.2. The predicted octanol–water partition coefficient (Wildman–Crippen LogP) is 5.85. The molecule has 244 valence electrons. The van der Waals surface area contributed by atoms with Crippen LogP contribution in [-0.4, -0.2) is 45.8 Å². The van der Waals surface area contributed by atoms with Gasteiger partial charge in [-0.2, -0.15) is 0 Å². The van der Waals surface area contributed by atoms with Crippen LogP contribution in [0.15, 0.2) is 108 Å². The second-order valence-corrected chi connectivity index (χ2v) is 11.2. The molecule has 3 heterocycles. The summed E-state index contributed by atoms with van der Waals surface area (Å²) in [5.41, 5.74) is 4.30. The summed E-state index contributed by atoms with van der Waals surface area (Å²) >= 11 is 0. The fraction of sp³-hybridized carbons (Fsp3) is 0.189. The summed E-state index contributed by atoms with van der Waals surface area (Å²) in [6.45, 7) is 2.40. The summed E-state index contributed by atoms with van der Waals surface area (Å²) < 4.78 is 34.0. The third-order valence-electron chi connectivity index (χ3n) is 7.97. The number of carbonyl (C=O) groups is 1. The zero-order valence-corrected chi connectivity index (χ0v) is 26.8. The van der Waals surface area contributed by atoms with E-state index in [0.29, 0.717) is 29.5 Å². The largest absolute Gasteiger partial charge is 0.497 e. The number of nitrogens with zero attached hydrogens (tertiary/aromatic N) is 5. The first kappa shape index (κ1) is 32.1. The lowest BCUT2D eigenvalue weighted by Crippen LogP contribution is -2.34. The number of fused-ring (bicyclic) bond motifs is 1. The second kappa shape index (κ2) is 14.3. The molecule has 0 atom stereocenters. The Morgan fingerprint density at radius 2 is 1.79 bits per heavy atom. The molecular formula is C37H34FN5O5. The second-order valence-electron chi connectivity index (χ2n) is 11.2. The third-order valence-corrected chi connectivity index (χ3v) is 7.97. The van der Waals surface area contributed by atoms with Gasteiger partial charge in [0.2, 0.25) is 0 Å². The van der Waals surface area contributed by atoms with Gasteiger partial charge in [-0.25, -0.2) is 14.4 Å². The predicted molar refractivity (Wildman–Crippen MR) is 180 cm³/mol. The van der Waals surface area contributed by atoms with Gasteiger partial charge in [0.05, 0.1) is 63.0 Å². The van der Waals surface area contributed by atoms with Crippen LogP contribution < -0.4 is 19.9 Å². The van der Waals surface area contributed by atoms with Gasteiger partial charge in [0, 0.05) is 24.2 Å². The third kappa shape index (κ3) is 7.11. The zero-order chi connectivity index (χ0) is 33.6. The van der Waals surface area contributed by atoms with Crippen LogP contribution in [-0.2, 0) is 29.2 Å². The molecule has 0 aliphatic rings. The highest BCUT2D eigenvalue weighted by Crippen LogP contribution is 2.28. The standard InChI is InChI=1S/C37H34FN5O5/c1-25-7-8-27-10-14-36(44)43(33(27)15-25)35-13-11-30(19-40-35)42(21-28-9-12-32(46-2)17-34(28)47-3)37(45)23-48-22-31-18-39-24-41(31)20-26-5-4-6-29(38)16-26/h4-19,24H,20-23H2,1-3H3. The van der Waals surface area contributed by atoms with Crippen LogP contribution >= 0.6 is 0 Å². The van der Waals surface area contributed by atoms with Crippen molar-refractivity contribution in [3.05, 3.63) is 142 Å². The molecule has 3 aromatic heterocycles. The van der Waals surface area contributed by atoms with Crippen molar-refractivity contribution in [3.63, 3.8) is 0 Å². The summed E-state index contributed by atoms with van der Waals surface area (Å²) in [5.74, 6) is 0.963. The number of amides is 1. The topological polar surface area (TPSA) is 101 Å². The van der Waals surface area contributed by atoms with Crippen molar-refractivity contribution >= 4 is 22.5 Å². The molecule has 0 fully saturated rings. The molecule has 0 spiro atoms. The van der Waals surface area contributed by atoms with Gasteiger partial charge < -0.3 is 23.7 Å². The van der Waals surface area contributed by atoms with E-state index in [1.54, 1.807) is 78.8 Å². The number of hydrogen-bond donors (Lipinski definition) is 0. The Morgan fingerprint density at radius 1 is 0.938 bits per heavy atom. The first-order valence-electron chi connectivity index (χ1n) is 15.2. The Bertz CT molecular complexity index is 2130. The highest BCUT2D eigenvalue weighted by atomic mass is 19.1. The lowest BCUT2D eigenvalue weighted by Gasteiger charge is -2.24. The number of anilines is 1. The smallest absolute Gasteiger partial charge is 0.256 e. The maximum Gasteiger partial charge on any atom is 0.256 e. The molecule has 0 saturated carbocycles. The summed E-state index contributed by atoms with van der Waals surface area (Å²) in [6, 6.07) is 24.4. The normalized spacial score (nSPS) is 11.1. The van der Waals surface area contributed by atoms with Crippen molar-refractivity contribution in [2.45, 2.75) is 26.6 Å². The van der Waals surface area contributed by atoms with E-state index in [1.807, 2.05) is 41.8 Å². The fourth-order valence-corrected chi connectivity index (χ4v) is 5.49. The number of halogens is 1. The van der Waals surface area contributed by atoms with Crippen LogP contribution in [0.2, 0.25) is 0 Å². The number of carbonyl (C=O) groups excluding carboxylic acids is 1. The Labute approximate surface area is 276 Å². The summed E-state index contributed by atoms with van der Waals surface area (Å²) in [4.78, 5) is 37.2. The van der Waals surface area contributed by atoms with Crippen LogP contribution in [0.25, 0.3) is 16.7 Å². The zero-order valence-electron chi connectivity index (χ0n) is 26.8. The van der Waals surface area contributed by atoms with E-state index in [9.17, 15) is 14.0 Å². The minimum absolute atomic E-state index is 0.112. The molecule has 1 amide bonds. The van der Waals surface area contributed by atoms with Crippen molar-refractivity contribution in [1.82, 2.24) is 19.1 Å². The Hall–Kier alpha value is -5.81. The van der Waals surface area contributed by atoms with Gasteiger partial charge in [-0.05, 0) is 72.0 Å². The average Bonchev–Trinajstić information content (AvgIpc) is 3.53. The van der Waals surface area contributed by atoms with E-state index in [2.05, 4.69) is 9.97 Å². The van der Waals surface area contributed by atoms with Gasteiger partial charge in [0.25, 0.3) is 11.5 Å². The SMILES string of the molecule is COc1ccc(CN(C(=O)COCc2cncn2Cc2cccc(F)c2)c2ccc(-n3c(=O)ccc4ccc(C)cc43)nc2)c(OC)c1. The van der Waals surface area contributed by atoms with E-state index in [-0.39, 0.29) is 37.0 Å². The van der Waals surface area contributed by atoms with Crippen molar-refractivity contribution in [2.75, 3.05) is 25.7 Å². The number of benzene rings is 3. The van der Waals surface area contributed by atoms with Gasteiger partial charge in [-0.15, -0.1) is 0 Å². The van der Waals surface area contributed by atoms with Crippen LogP contribution in [0, 0.1) is 12.7 Å². The lowest BCUT2D eigenvalue weighted by atomic mass is 10.1. The fourth-order valence-electron chi connectivity index (χ4n) is 5.49. The molecule has 11 heteroatoms. The van der Waals surface area contributed by atoms with Gasteiger partial charge >= 0.3 is 0 Å². The molecule has 0 unspecified atom stereocenters. The number of hydrogen-bond acceptors (Lipinski definition) is 7. The maximum atomic E-state index is 13.8. The van der Waals surface area contributed by atoms with Crippen LogP contribution in [0.4, 0.5) is 10.1 Å². The molecule has 0 N–H and O–H groups in total. The number of aryl methyl sites for hydroxylation is 1. The molecule has 0 aliphatic heterocycles. The molecule has 3 aromatic carbocycles. The number of pyridine rings is 2. The van der Waals surface area contributed by atoms with E-state index in [0.717, 1.165) is 33.3 Å². The molecule has 6 rings (SSSR count). The average molecular weight is 648 g/mol. The molecule has 0 bridgehead atoms. The summed E-state index contributed by atoms with van der Waals surface area (Å²) in [5, 5.41) is 0.906. The van der Waals surface area contributed by atoms with E-state index >= 15 is 0 Å². The molecule has 0 saturated heterocycles. The van der Waals surface area contributed by atoms with Crippen LogP contribution in [0.3, 0.4) is 0 Å². The van der Waals surface area contributed by atoms with Crippen molar-refractivity contribution in [3.8, 4) is 17.3 Å². The van der Waals surface area contributed by atoms with E-state index < -0.39 is 0 Å². The van der Waals surface area contributed by atoms with Crippen LogP contribution in [0.5, 0.6) is 11.5 Å². The van der Waals surface area contributed by atoms with Gasteiger partial charge in [-0.1, -0.05) is 24.3 Å². The Balaban J connectivity index is 1.25. The Kier molecular flexibility index (Phi) is 9.58. The number of imidazole rings is 1. The van der Waals surface area contributed by atoms with Crippen molar-refractivity contribution in [1.29, 1.82) is 0 Å². The molecule has 48 heavy (non-hydrogen) atoms. The summed E-state index contributed by atoms with van der Waals surface area (Å²) in [7, 11) is 3.13. The monoisotopic (exact) mass is 647 g/mol. The number of ether oxygens (including phenoxy) is 3. The molecular weight excluding hydrogens is 613 g/mol. The van der Waals surface area contributed by atoms with Gasteiger partial charge in [0.15, 0.2) is 0 Å². The highest BCUT2D eigenvalue weighted by Gasteiger charge is 2.20. The summed E-state index contributed by atoms with van der Waals surface area (Å²) in [6.07, 6.45) is 4.87. The molecule has 0 aliphatic carbocycles. The van der Waals surface area contributed by atoms with E-state index in [1.165, 1.54) is 18.2 Å². The number of methoxy groups -OCH3 is 2. The van der Waals surface area contributed by atoms with Gasteiger partial charge in [-0.3, -0.25) is 14.2 Å². The minimum Gasteiger partial charge on any atom is -0.497 e. The van der Waals surface area contributed by atoms with Crippen molar-refractivity contribution in [2.24, 2.45) is 0 Å². The van der Waals surface area contributed by atoms with Gasteiger partial charge in [0.1, 0.15) is 29.7 Å². The molecule has 6 aromatic rings. The number of aromatic nitrogens is 4. The minimum atomic E-state index is -0.323. The van der Waals surface area contributed by atoms with Crippen molar-refractivity contribution < 1.29 is 23.4 Å². The Morgan fingerprint density at radius 3 is 2.56 bits per heavy atom.